The van der Waals surface area contributed by atoms with Crippen LogP contribution in [0.15, 0.2) is 24.3 Å². The van der Waals surface area contributed by atoms with Gasteiger partial charge in [-0.1, -0.05) is 6.07 Å². The Morgan fingerprint density at radius 3 is 2.45 bits per heavy atom. The maximum atomic E-state index is 5.64. The average Bonchev–Trinajstić information content (AvgIpc) is 2.46. The first-order valence-corrected chi connectivity index (χ1v) is 6.40. The van der Waals surface area contributed by atoms with Gasteiger partial charge in [0.05, 0.1) is 19.9 Å². The Kier molecular flexibility index (Phi) is 4.53. The third kappa shape index (κ3) is 3.24. The highest BCUT2D eigenvalue weighted by Crippen LogP contribution is 2.28. The number of rotatable bonds is 5. The molecule has 1 aromatic carbocycles. The number of benzene rings is 1. The summed E-state index contributed by atoms with van der Waals surface area (Å²) in [7, 11) is 3.24. The monoisotopic (exact) mass is 273 g/mol. The average molecular weight is 273 g/mol. The Balaban J connectivity index is 2.27. The number of nitrogens with zero attached hydrogens (tertiary/aromatic N) is 2. The third-order valence-corrected chi connectivity index (χ3v) is 2.97. The molecule has 0 amide bonds. The lowest BCUT2D eigenvalue weighted by atomic mass is 10.1. The van der Waals surface area contributed by atoms with E-state index >= 15 is 0 Å². The van der Waals surface area contributed by atoms with E-state index in [4.69, 9.17) is 15.2 Å². The summed E-state index contributed by atoms with van der Waals surface area (Å²) < 4.78 is 10.5. The lowest BCUT2D eigenvalue weighted by molar-refractivity contribution is 0.354. The third-order valence-electron chi connectivity index (χ3n) is 2.97. The van der Waals surface area contributed by atoms with E-state index in [1.807, 2.05) is 31.2 Å². The van der Waals surface area contributed by atoms with Gasteiger partial charge in [0, 0.05) is 18.7 Å². The van der Waals surface area contributed by atoms with Gasteiger partial charge >= 0.3 is 0 Å². The molecule has 0 saturated carbocycles. The van der Waals surface area contributed by atoms with Crippen molar-refractivity contribution in [1.29, 1.82) is 0 Å². The van der Waals surface area contributed by atoms with Crippen LogP contribution in [0.3, 0.4) is 0 Å². The molecule has 2 aromatic rings. The van der Waals surface area contributed by atoms with E-state index in [2.05, 4.69) is 9.97 Å². The summed E-state index contributed by atoms with van der Waals surface area (Å²) in [6.45, 7) is 2.36. The quantitative estimate of drug-likeness (QED) is 0.900. The molecule has 2 rings (SSSR count). The lowest BCUT2D eigenvalue weighted by Gasteiger charge is -2.10. The van der Waals surface area contributed by atoms with Gasteiger partial charge < -0.3 is 15.2 Å². The van der Waals surface area contributed by atoms with Crippen molar-refractivity contribution in [2.75, 3.05) is 14.2 Å². The second-order valence-electron chi connectivity index (χ2n) is 4.49. The van der Waals surface area contributed by atoms with Crippen molar-refractivity contribution in [3.8, 4) is 11.5 Å². The molecular formula is C15H19N3O2. The zero-order valence-corrected chi connectivity index (χ0v) is 12.0. The van der Waals surface area contributed by atoms with E-state index in [0.29, 0.717) is 24.5 Å². The summed E-state index contributed by atoms with van der Waals surface area (Å²) in [5, 5.41) is 0. The molecule has 0 fully saturated rings. The summed E-state index contributed by atoms with van der Waals surface area (Å²) in [5.41, 5.74) is 8.49. The standard InChI is InChI=1S/C15H19N3O2/c1-10-6-12(9-16)18-15(17-10)8-11-4-5-13(19-2)14(7-11)20-3/h4-7H,8-9,16H2,1-3H3. The molecule has 20 heavy (non-hydrogen) atoms. The predicted octanol–water partition coefficient (Wildman–Crippen LogP) is 1.85. The van der Waals surface area contributed by atoms with Crippen molar-refractivity contribution in [3.63, 3.8) is 0 Å². The van der Waals surface area contributed by atoms with E-state index in [9.17, 15) is 0 Å². The largest absolute Gasteiger partial charge is 0.493 e. The van der Waals surface area contributed by atoms with Crippen LogP contribution in [0.4, 0.5) is 0 Å². The molecule has 0 aliphatic heterocycles. The number of nitrogens with two attached hydrogens (primary N) is 1. The zero-order valence-electron chi connectivity index (χ0n) is 12.0. The van der Waals surface area contributed by atoms with Gasteiger partial charge in [-0.3, -0.25) is 0 Å². The lowest BCUT2D eigenvalue weighted by Crippen LogP contribution is -2.06. The van der Waals surface area contributed by atoms with Crippen molar-refractivity contribution >= 4 is 0 Å². The fourth-order valence-electron chi connectivity index (χ4n) is 2.06. The van der Waals surface area contributed by atoms with E-state index in [-0.39, 0.29) is 0 Å². The number of ether oxygens (including phenoxy) is 2. The fraction of sp³-hybridized carbons (Fsp3) is 0.333. The molecule has 0 unspecified atom stereocenters. The zero-order chi connectivity index (χ0) is 14.5. The first kappa shape index (κ1) is 14.3. The first-order valence-electron chi connectivity index (χ1n) is 6.40. The highest BCUT2D eigenvalue weighted by atomic mass is 16.5. The molecule has 1 aromatic heterocycles. The second-order valence-corrected chi connectivity index (χ2v) is 4.49. The van der Waals surface area contributed by atoms with Gasteiger partial charge in [-0.05, 0) is 30.7 Å². The van der Waals surface area contributed by atoms with Crippen molar-refractivity contribution in [1.82, 2.24) is 9.97 Å². The predicted molar refractivity (Wildman–Crippen MR) is 77.0 cm³/mol. The SMILES string of the molecule is COc1ccc(Cc2nc(C)cc(CN)n2)cc1OC. The second kappa shape index (κ2) is 6.34. The Morgan fingerprint density at radius 2 is 1.80 bits per heavy atom. The van der Waals surface area contributed by atoms with Crippen LogP contribution in [0.2, 0.25) is 0 Å². The van der Waals surface area contributed by atoms with E-state index < -0.39 is 0 Å². The van der Waals surface area contributed by atoms with Crippen molar-refractivity contribution < 1.29 is 9.47 Å². The van der Waals surface area contributed by atoms with Crippen LogP contribution in [0.25, 0.3) is 0 Å². The minimum absolute atomic E-state index is 0.419. The van der Waals surface area contributed by atoms with Gasteiger partial charge in [0.1, 0.15) is 5.82 Å². The van der Waals surface area contributed by atoms with Crippen LogP contribution in [0.1, 0.15) is 22.8 Å². The molecule has 0 aliphatic carbocycles. The smallest absolute Gasteiger partial charge is 0.161 e. The summed E-state index contributed by atoms with van der Waals surface area (Å²) in [5.74, 6) is 2.18. The number of hydrogen-bond donors (Lipinski definition) is 1. The van der Waals surface area contributed by atoms with Crippen molar-refractivity contribution in [2.45, 2.75) is 19.9 Å². The molecule has 1 heterocycles. The van der Waals surface area contributed by atoms with Crippen molar-refractivity contribution in [2.24, 2.45) is 5.73 Å². The molecule has 5 heteroatoms. The van der Waals surface area contributed by atoms with E-state index in [0.717, 1.165) is 22.8 Å². The van der Waals surface area contributed by atoms with Crippen LogP contribution in [-0.2, 0) is 13.0 Å². The fourth-order valence-corrected chi connectivity index (χ4v) is 2.06. The molecule has 0 spiro atoms. The maximum absolute atomic E-state index is 5.64. The summed E-state index contributed by atoms with van der Waals surface area (Å²) in [4.78, 5) is 8.87. The molecule has 2 N–H and O–H groups in total. The Hall–Kier alpha value is -2.14. The van der Waals surface area contributed by atoms with Gasteiger partial charge in [0.15, 0.2) is 11.5 Å². The molecule has 106 valence electrons. The Morgan fingerprint density at radius 1 is 1.05 bits per heavy atom. The highest BCUT2D eigenvalue weighted by Gasteiger charge is 2.07. The molecule has 5 nitrogen and oxygen atoms in total. The van der Waals surface area contributed by atoms with Crippen LogP contribution in [0, 0.1) is 6.92 Å². The molecule has 0 radical (unpaired) electrons. The van der Waals surface area contributed by atoms with Crippen LogP contribution in [-0.4, -0.2) is 24.2 Å². The van der Waals surface area contributed by atoms with Gasteiger partial charge in [0.2, 0.25) is 0 Å². The van der Waals surface area contributed by atoms with Gasteiger partial charge in [-0.25, -0.2) is 9.97 Å². The number of aromatic nitrogens is 2. The highest BCUT2D eigenvalue weighted by molar-refractivity contribution is 5.43. The number of hydrogen-bond acceptors (Lipinski definition) is 5. The van der Waals surface area contributed by atoms with E-state index in [1.54, 1.807) is 14.2 Å². The van der Waals surface area contributed by atoms with Crippen LogP contribution >= 0.6 is 0 Å². The van der Waals surface area contributed by atoms with E-state index in [1.165, 1.54) is 0 Å². The summed E-state index contributed by atoms with van der Waals surface area (Å²) in [6, 6.07) is 7.70. The minimum atomic E-state index is 0.419. The minimum Gasteiger partial charge on any atom is -0.493 e. The molecule has 0 aliphatic rings. The van der Waals surface area contributed by atoms with Gasteiger partial charge in [-0.15, -0.1) is 0 Å². The first-order chi connectivity index (χ1) is 9.66. The van der Waals surface area contributed by atoms with Gasteiger partial charge in [0.25, 0.3) is 0 Å². The van der Waals surface area contributed by atoms with Crippen LogP contribution in [0.5, 0.6) is 11.5 Å². The molecular weight excluding hydrogens is 254 g/mol. The Bertz CT molecular complexity index is 600. The molecule has 0 saturated heterocycles. The Labute approximate surface area is 118 Å². The summed E-state index contributed by atoms with van der Waals surface area (Å²) >= 11 is 0. The van der Waals surface area contributed by atoms with Crippen molar-refractivity contribution in [3.05, 3.63) is 47.0 Å². The number of methoxy groups -OCH3 is 2. The normalized spacial score (nSPS) is 10.4. The summed E-state index contributed by atoms with van der Waals surface area (Å²) in [6.07, 6.45) is 0.634. The van der Waals surface area contributed by atoms with Crippen LogP contribution < -0.4 is 15.2 Å². The van der Waals surface area contributed by atoms with Gasteiger partial charge in [-0.2, -0.15) is 0 Å². The molecule has 0 bridgehead atoms. The molecule has 0 atom stereocenters. The maximum Gasteiger partial charge on any atom is 0.161 e. The number of aryl methyl sites for hydroxylation is 1. The topological polar surface area (TPSA) is 70.3 Å².